The lowest BCUT2D eigenvalue weighted by atomic mass is 10.0. The fourth-order valence-electron chi connectivity index (χ4n) is 3.63. The smallest absolute Gasteiger partial charge is 0.264 e. The zero-order valence-corrected chi connectivity index (χ0v) is 21.4. The number of amides is 1. The van der Waals surface area contributed by atoms with E-state index in [1.165, 1.54) is 30.3 Å². The summed E-state index contributed by atoms with van der Waals surface area (Å²) in [7, 11) is -2.46. The molecule has 0 aliphatic rings. The van der Waals surface area contributed by atoms with Crippen LogP contribution < -0.4 is 14.4 Å². The minimum absolute atomic E-state index is 0.0525. The number of halogens is 2. The van der Waals surface area contributed by atoms with Gasteiger partial charge in [0.15, 0.2) is 0 Å². The Kier molecular flexibility index (Phi) is 8.47. The van der Waals surface area contributed by atoms with Gasteiger partial charge in [-0.25, -0.2) is 8.42 Å². The maximum absolute atomic E-state index is 13.5. The molecule has 0 spiro atoms. The molecule has 1 N–H and O–H groups in total. The summed E-state index contributed by atoms with van der Waals surface area (Å²) in [4.78, 5) is 13.2. The van der Waals surface area contributed by atoms with Crippen LogP contribution in [0.1, 0.15) is 30.5 Å². The summed E-state index contributed by atoms with van der Waals surface area (Å²) in [6.45, 7) is 3.42. The first-order valence-corrected chi connectivity index (χ1v) is 12.8. The largest absolute Gasteiger partial charge is 0.496 e. The number of nitrogens with zero attached hydrogens (tertiary/aromatic N) is 1. The van der Waals surface area contributed by atoms with Crippen molar-refractivity contribution in [2.24, 2.45) is 0 Å². The fraction of sp³-hybridized carbons (Fsp3) is 0.240. The normalized spacial score (nSPS) is 12.1. The Morgan fingerprint density at radius 2 is 1.68 bits per heavy atom. The Morgan fingerprint density at radius 1 is 1.03 bits per heavy atom. The first-order chi connectivity index (χ1) is 16.1. The number of methoxy groups -OCH3 is 1. The number of carbonyl (C=O) groups is 1. The Balaban J connectivity index is 1.92. The van der Waals surface area contributed by atoms with Crippen molar-refractivity contribution in [3.05, 3.63) is 87.9 Å². The van der Waals surface area contributed by atoms with E-state index in [1.54, 1.807) is 25.3 Å². The number of sulfonamides is 1. The molecule has 34 heavy (non-hydrogen) atoms. The molecule has 1 amide bonds. The monoisotopic (exact) mass is 520 g/mol. The van der Waals surface area contributed by atoms with Gasteiger partial charge in [-0.3, -0.25) is 9.10 Å². The van der Waals surface area contributed by atoms with Crippen LogP contribution in [0.15, 0.2) is 71.6 Å². The van der Waals surface area contributed by atoms with Gasteiger partial charge in [0.05, 0.1) is 23.7 Å². The lowest BCUT2D eigenvalue weighted by Gasteiger charge is -2.26. The van der Waals surface area contributed by atoms with Crippen LogP contribution in [0.4, 0.5) is 5.69 Å². The summed E-state index contributed by atoms with van der Waals surface area (Å²) in [5.74, 6) is 0.291. The highest BCUT2D eigenvalue weighted by Crippen LogP contribution is 2.30. The molecule has 0 radical (unpaired) electrons. The average molecular weight is 521 g/mol. The van der Waals surface area contributed by atoms with Gasteiger partial charge >= 0.3 is 0 Å². The maximum atomic E-state index is 13.5. The third-order valence-electron chi connectivity index (χ3n) is 5.32. The first kappa shape index (κ1) is 25.9. The van der Waals surface area contributed by atoms with Gasteiger partial charge in [0.2, 0.25) is 5.91 Å². The molecule has 3 aromatic carbocycles. The van der Waals surface area contributed by atoms with Crippen LogP contribution in [-0.4, -0.2) is 28.0 Å². The molecular weight excluding hydrogens is 495 g/mol. The summed E-state index contributed by atoms with van der Waals surface area (Å²) >= 11 is 12.3. The van der Waals surface area contributed by atoms with Crippen molar-refractivity contribution in [3.8, 4) is 5.75 Å². The van der Waals surface area contributed by atoms with Crippen molar-refractivity contribution in [1.29, 1.82) is 0 Å². The van der Waals surface area contributed by atoms with Crippen LogP contribution in [0.2, 0.25) is 10.0 Å². The second-order valence-corrected chi connectivity index (χ2v) is 10.4. The van der Waals surface area contributed by atoms with Gasteiger partial charge in [0, 0.05) is 10.0 Å². The summed E-state index contributed by atoms with van der Waals surface area (Å²) < 4.78 is 33.3. The highest BCUT2D eigenvalue weighted by Gasteiger charge is 2.28. The lowest BCUT2D eigenvalue weighted by molar-refractivity contribution is -0.120. The molecule has 0 bridgehead atoms. The molecule has 1 atom stereocenters. The Hall–Kier alpha value is -2.74. The predicted molar refractivity (Wildman–Crippen MR) is 136 cm³/mol. The van der Waals surface area contributed by atoms with E-state index in [-0.39, 0.29) is 26.7 Å². The number of hydrogen-bond acceptors (Lipinski definition) is 4. The van der Waals surface area contributed by atoms with Crippen LogP contribution >= 0.6 is 23.2 Å². The molecule has 0 saturated heterocycles. The molecule has 3 rings (SSSR count). The summed E-state index contributed by atoms with van der Waals surface area (Å²) in [5, 5.41) is 3.47. The highest BCUT2D eigenvalue weighted by molar-refractivity contribution is 7.92. The maximum Gasteiger partial charge on any atom is 0.264 e. The third-order valence-corrected chi connectivity index (χ3v) is 7.54. The summed E-state index contributed by atoms with van der Waals surface area (Å²) in [5.41, 5.74) is 2.04. The molecule has 6 nitrogen and oxygen atoms in total. The molecule has 0 unspecified atom stereocenters. The Bertz CT molecular complexity index is 1250. The predicted octanol–water partition coefficient (Wildman–Crippen LogP) is 5.77. The zero-order valence-electron chi connectivity index (χ0n) is 19.1. The quantitative estimate of drug-likeness (QED) is 0.388. The molecule has 0 fully saturated rings. The average Bonchev–Trinajstić information content (AvgIpc) is 2.80. The standard InChI is InChI=1S/C25H26Cl2N2O4S/c1-4-23(18-10-11-24(33-3)17(2)12-18)28-25(30)16-29(21-14-19(26)13-20(27)15-21)34(31,32)22-8-6-5-7-9-22/h5-15,23H,4,16H2,1-3H3,(H,28,30)/t23-/m0/s1. The SMILES string of the molecule is CC[C@H](NC(=O)CN(c1cc(Cl)cc(Cl)c1)S(=O)(=O)c1ccccc1)c1ccc(OC)c(C)c1. The summed E-state index contributed by atoms with van der Waals surface area (Å²) in [6.07, 6.45) is 0.617. The van der Waals surface area contributed by atoms with Crippen molar-refractivity contribution >= 4 is 44.8 Å². The molecule has 180 valence electrons. The van der Waals surface area contributed by atoms with Gasteiger partial charge in [-0.2, -0.15) is 0 Å². The molecule has 0 aliphatic carbocycles. The minimum atomic E-state index is -4.07. The second-order valence-electron chi connectivity index (χ2n) is 7.71. The van der Waals surface area contributed by atoms with E-state index < -0.39 is 22.5 Å². The first-order valence-electron chi connectivity index (χ1n) is 10.6. The number of nitrogens with one attached hydrogen (secondary N) is 1. The lowest BCUT2D eigenvalue weighted by Crippen LogP contribution is -2.42. The zero-order chi connectivity index (χ0) is 24.9. The molecule has 0 aromatic heterocycles. The molecule has 3 aromatic rings. The Morgan fingerprint density at radius 3 is 2.24 bits per heavy atom. The highest BCUT2D eigenvalue weighted by atomic mass is 35.5. The van der Waals surface area contributed by atoms with Crippen molar-refractivity contribution in [2.75, 3.05) is 18.0 Å². The number of benzene rings is 3. The minimum Gasteiger partial charge on any atom is -0.496 e. The van der Waals surface area contributed by atoms with Gasteiger partial charge in [-0.05, 0) is 60.9 Å². The topological polar surface area (TPSA) is 75.7 Å². The van der Waals surface area contributed by atoms with Crippen LogP contribution in [0, 0.1) is 6.92 Å². The van der Waals surface area contributed by atoms with Gasteiger partial charge in [0.25, 0.3) is 10.0 Å². The Labute approximate surface area is 210 Å². The van der Waals surface area contributed by atoms with Gasteiger partial charge in [-0.15, -0.1) is 0 Å². The van der Waals surface area contributed by atoms with Crippen LogP contribution in [0.5, 0.6) is 5.75 Å². The molecule has 0 aliphatic heterocycles. The van der Waals surface area contributed by atoms with E-state index in [4.69, 9.17) is 27.9 Å². The number of rotatable bonds is 9. The van der Waals surface area contributed by atoms with Crippen molar-refractivity contribution in [2.45, 2.75) is 31.2 Å². The van der Waals surface area contributed by atoms with Crippen LogP contribution in [0.3, 0.4) is 0 Å². The van der Waals surface area contributed by atoms with Crippen LogP contribution in [0.25, 0.3) is 0 Å². The van der Waals surface area contributed by atoms with Crippen molar-refractivity contribution in [1.82, 2.24) is 5.32 Å². The van der Waals surface area contributed by atoms with Crippen molar-refractivity contribution < 1.29 is 17.9 Å². The van der Waals surface area contributed by atoms with E-state index in [9.17, 15) is 13.2 Å². The third kappa shape index (κ3) is 6.03. The number of carbonyl (C=O) groups excluding carboxylic acids is 1. The number of aryl methyl sites for hydroxylation is 1. The van der Waals surface area contributed by atoms with Crippen LogP contribution in [-0.2, 0) is 14.8 Å². The van der Waals surface area contributed by atoms with E-state index in [0.717, 1.165) is 21.2 Å². The van der Waals surface area contributed by atoms with Crippen molar-refractivity contribution in [3.63, 3.8) is 0 Å². The number of hydrogen-bond donors (Lipinski definition) is 1. The fourth-order valence-corrected chi connectivity index (χ4v) is 5.57. The second kappa shape index (κ2) is 11.1. The number of ether oxygens (including phenoxy) is 1. The van der Waals surface area contributed by atoms with E-state index >= 15 is 0 Å². The van der Waals surface area contributed by atoms with E-state index in [1.807, 2.05) is 32.0 Å². The van der Waals surface area contributed by atoms with Gasteiger partial charge in [0.1, 0.15) is 12.3 Å². The molecule has 0 saturated carbocycles. The number of anilines is 1. The van der Waals surface area contributed by atoms with Gasteiger partial charge < -0.3 is 10.1 Å². The van der Waals surface area contributed by atoms with E-state index in [0.29, 0.717) is 6.42 Å². The molecule has 9 heteroatoms. The molecular formula is C25H26Cl2N2O4S. The van der Waals surface area contributed by atoms with Gasteiger partial charge in [-0.1, -0.05) is 60.5 Å². The molecule has 0 heterocycles. The summed E-state index contributed by atoms with van der Waals surface area (Å²) in [6, 6.07) is 17.7. The van der Waals surface area contributed by atoms with E-state index in [2.05, 4.69) is 5.32 Å².